The third kappa shape index (κ3) is 4.14. The maximum atomic E-state index is 12.9. The number of nitrogens with one attached hydrogen (secondary N) is 2. The van der Waals surface area contributed by atoms with Crippen molar-refractivity contribution < 1.29 is 18.7 Å². The predicted molar refractivity (Wildman–Crippen MR) is 123 cm³/mol. The van der Waals surface area contributed by atoms with E-state index in [0.717, 1.165) is 17.5 Å². The monoisotopic (exact) mass is 431 g/mol. The summed E-state index contributed by atoms with van der Waals surface area (Å²) >= 11 is 0. The van der Waals surface area contributed by atoms with Gasteiger partial charge in [-0.15, -0.1) is 0 Å². The SMILES string of the molecule is COc1ccccc1NC(=O)c1oc2c(c1C)/C(=N/NC(=O)c1ccccc1C)CCC2. The van der Waals surface area contributed by atoms with Gasteiger partial charge in [0.05, 0.1) is 18.5 Å². The number of hydrogen-bond donors (Lipinski definition) is 2. The van der Waals surface area contributed by atoms with E-state index in [1.165, 1.54) is 0 Å². The van der Waals surface area contributed by atoms with E-state index >= 15 is 0 Å². The number of para-hydroxylation sites is 2. The standard InChI is InChI=1S/C25H25N3O4/c1-15-9-4-5-10-17(15)24(29)28-27-19-12-8-14-21-22(19)16(2)23(32-21)25(30)26-18-11-6-7-13-20(18)31-3/h4-7,9-11,13H,8,12,14H2,1-3H3,(H,26,30)(H,28,29)/b27-19+. The Morgan fingerprint density at radius 1 is 1.00 bits per heavy atom. The molecule has 0 spiro atoms. The number of anilines is 1. The second-order valence-corrected chi connectivity index (χ2v) is 7.68. The van der Waals surface area contributed by atoms with Crippen LogP contribution in [0, 0.1) is 13.8 Å². The zero-order chi connectivity index (χ0) is 22.7. The van der Waals surface area contributed by atoms with Crippen molar-refractivity contribution in [1.29, 1.82) is 0 Å². The Morgan fingerprint density at radius 3 is 2.53 bits per heavy atom. The van der Waals surface area contributed by atoms with Gasteiger partial charge in [0.2, 0.25) is 0 Å². The first-order valence-corrected chi connectivity index (χ1v) is 10.5. The predicted octanol–water partition coefficient (Wildman–Crippen LogP) is 4.63. The largest absolute Gasteiger partial charge is 0.495 e. The maximum Gasteiger partial charge on any atom is 0.291 e. The molecule has 0 fully saturated rings. The maximum absolute atomic E-state index is 12.9. The van der Waals surface area contributed by atoms with E-state index in [1.54, 1.807) is 25.3 Å². The third-order valence-corrected chi connectivity index (χ3v) is 5.57. The minimum absolute atomic E-state index is 0.237. The molecule has 7 heteroatoms. The lowest BCUT2D eigenvalue weighted by molar-refractivity contribution is 0.0953. The van der Waals surface area contributed by atoms with Crippen LogP contribution in [-0.2, 0) is 6.42 Å². The Labute approximate surface area is 186 Å². The molecule has 1 heterocycles. The molecule has 2 amide bonds. The molecule has 0 saturated heterocycles. The average Bonchev–Trinajstić information content (AvgIpc) is 3.15. The van der Waals surface area contributed by atoms with E-state index in [4.69, 9.17) is 9.15 Å². The number of nitrogens with zero attached hydrogens (tertiary/aromatic N) is 1. The number of hydrazone groups is 1. The number of carbonyl (C=O) groups excluding carboxylic acids is 2. The van der Waals surface area contributed by atoms with Gasteiger partial charge in [0.1, 0.15) is 11.5 Å². The summed E-state index contributed by atoms with van der Waals surface area (Å²) in [6, 6.07) is 14.5. The fraction of sp³-hybridized carbons (Fsp3) is 0.240. The molecule has 4 rings (SSSR count). The van der Waals surface area contributed by atoms with Gasteiger partial charge in [-0.25, -0.2) is 5.43 Å². The zero-order valence-corrected chi connectivity index (χ0v) is 18.3. The summed E-state index contributed by atoms with van der Waals surface area (Å²) in [4.78, 5) is 25.5. The molecule has 0 saturated carbocycles. The van der Waals surface area contributed by atoms with Gasteiger partial charge in [-0.2, -0.15) is 5.10 Å². The van der Waals surface area contributed by atoms with Gasteiger partial charge in [-0.1, -0.05) is 30.3 Å². The Bertz CT molecular complexity index is 1210. The van der Waals surface area contributed by atoms with E-state index in [9.17, 15) is 9.59 Å². The van der Waals surface area contributed by atoms with Crippen LogP contribution in [0.5, 0.6) is 5.75 Å². The molecule has 3 aromatic rings. The number of furan rings is 1. The number of amides is 2. The number of benzene rings is 2. The van der Waals surface area contributed by atoms with Crippen LogP contribution in [0.1, 0.15) is 56.2 Å². The molecule has 2 aromatic carbocycles. The van der Waals surface area contributed by atoms with Crippen LogP contribution in [-0.4, -0.2) is 24.6 Å². The summed E-state index contributed by atoms with van der Waals surface area (Å²) in [5, 5.41) is 7.25. The number of rotatable bonds is 5. The Hall–Kier alpha value is -3.87. The molecule has 0 aliphatic heterocycles. The summed E-state index contributed by atoms with van der Waals surface area (Å²) in [6.45, 7) is 3.72. The molecule has 0 unspecified atom stereocenters. The van der Waals surface area contributed by atoms with Crippen LogP contribution in [0.3, 0.4) is 0 Å². The van der Waals surface area contributed by atoms with Gasteiger partial charge in [-0.05, 0) is 50.5 Å². The van der Waals surface area contributed by atoms with Crippen LogP contribution >= 0.6 is 0 Å². The molecular formula is C25H25N3O4. The Morgan fingerprint density at radius 2 is 1.75 bits per heavy atom. The molecule has 164 valence electrons. The normalized spacial score (nSPS) is 14.0. The number of methoxy groups -OCH3 is 1. The van der Waals surface area contributed by atoms with Crippen LogP contribution in [0.25, 0.3) is 0 Å². The molecule has 0 bridgehead atoms. The number of aryl methyl sites for hydroxylation is 2. The smallest absolute Gasteiger partial charge is 0.291 e. The van der Waals surface area contributed by atoms with Crippen LogP contribution < -0.4 is 15.5 Å². The van der Waals surface area contributed by atoms with Gasteiger partial charge >= 0.3 is 0 Å². The highest BCUT2D eigenvalue weighted by Crippen LogP contribution is 2.31. The summed E-state index contributed by atoms with van der Waals surface area (Å²) in [5.41, 5.74) is 6.90. The van der Waals surface area contributed by atoms with Crippen molar-refractivity contribution in [2.75, 3.05) is 12.4 Å². The van der Waals surface area contributed by atoms with E-state index < -0.39 is 0 Å². The molecule has 7 nitrogen and oxygen atoms in total. The summed E-state index contributed by atoms with van der Waals surface area (Å²) < 4.78 is 11.2. The number of hydrogen-bond acceptors (Lipinski definition) is 5. The van der Waals surface area contributed by atoms with E-state index in [0.29, 0.717) is 46.9 Å². The van der Waals surface area contributed by atoms with Crippen molar-refractivity contribution in [2.24, 2.45) is 5.10 Å². The fourth-order valence-corrected chi connectivity index (χ4v) is 3.93. The van der Waals surface area contributed by atoms with Gasteiger partial charge < -0.3 is 14.5 Å². The van der Waals surface area contributed by atoms with E-state index in [-0.39, 0.29) is 17.6 Å². The lowest BCUT2D eigenvalue weighted by Gasteiger charge is -2.13. The summed E-state index contributed by atoms with van der Waals surface area (Å²) in [6.07, 6.45) is 2.23. The second-order valence-electron chi connectivity index (χ2n) is 7.68. The van der Waals surface area contributed by atoms with Gasteiger partial charge in [0.25, 0.3) is 11.8 Å². The number of carbonyl (C=O) groups is 2. The van der Waals surface area contributed by atoms with Gasteiger partial charge in [0.15, 0.2) is 5.76 Å². The van der Waals surface area contributed by atoms with Crippen molar-refractivity contribution in [3.05, 3.63) is 82.3 Å². The van der Waals surface area contributed by atoms with Crippen molar-refractivity contribution >= 4 is 23.2 Å². The van der Waals surface area contributed by atoms with Crippen molar-refractivity contribution in [3.8, 4) is 5.75 Å². The van der Waals surface area contributed by atoms with Crippen molar-refractivity contribution in [2.45, 2.75) is 33.1 Å². The third-order valence-electron chi connectivity index (χ3n) is 5.57. The molecule has 1 aliphatic rings. The number of ether oxygens (including phenoxy) is 1. The van der Waals surface area contributed by atoms with E-state index in [1.807, 2.05) is 44.2 Å². The molecule has 1 aromatic heterocycles. The average molecular weight is 431 g/mol. The zero-order valence-electron chi connectivity index (χ0n) is 18.3. The topological polar surface area (TPSA) is 92.9 Å². The van der Waals surface area contributed by atoms with Gasteiger partial charge in [-0.3, -0.25) is 9.59 Å². The van der Waals surface area contributed by atoms with E-state index in [2.05, 4.69) is 15.8 Å². The minimum atomic E-state index is -0.357. The Kier molecular flexibility index (Phi) is 6.07. The quantitative estimate of drug-likeness (QED) is 0.576. The first-order chi connectivity index (χ1) is 15.5. The van der Waals surface area contributed by atoms with Crippen LogP contribution in [0.4, 0.5) is 5.69 Å². The Balaban J connectivity index is 1.59. The molecule has 2 N–H and O–H groups in total. The lowest BCUT2D eigenvalue weighted by atomic mass is 9.93. The lowest BCUT2D eigenvalue weighted by Crippen LogP contribution is -2.22. The van der Waals surface area contributed by atoms with Crippen LogP contribution in [0.15, 0.2) is 58.0 Å². The second kappa shape index (κ2) is 9.09. The fourth-order valence-electron chi connectivity index (χ4n) is 3.93. The first-order valence-electron chi connectivity index (χ1n) is 10.5. The highest BCUT2D eigenvalue weighted by molar-refractivity contribution is 6.10. The number of fused-ring (bicyclic) bond motifs is 1. The van der Waals surface area contributed by atoms with Gasteiger partial charge in [0, 0.05) is 23.1 Å². The van der Waals surface area contributed by atoms with Crippen molar-refractivity contribution in [1.82, 2.24) is 5.43 Å². The highest BCUT2D eigenvalue weighted by atomic mass is 16.5. The minimum Gasteiger partial charge on any atom is -0.495 e. The summed E-state index contributed by atoms with van der Waals surface area (Å²) in [5.74, 6) is 0.891. The van der Waals surface area contributed by atoms with Crippen LogP contribution in [0.2, 0.25) is 0 Å². The first kappa shape index (κ1) is 21.4. The summed E-state index contributed by atoms with van der Waals surface area (Å²) in [7, 11) is 1.55. The molecular weight excluding hydrogens is 406 g/mol. The molecule has 32 heavy (non-hydrogen) atoms. The van der Waals surface area contributed by atoms with Crippen molar-refractivity contribution in [3.63, 3.8) is 0 Å². The molecule has 0 radical (unpaired) electrons. The molecule has 1 aliphatic carbocycles. The molecule has 0 atom stereocenters. The highest BCUT2D eigenvalue weighted by Gasteiger charge is 2.28.